The Morgan fingerprint density at radius 3 is 2.47 bits per heavy atom. The molecule has 0 amide bonds. The number of anilines is 3. The number of hydrazone groups is 1. The fourth-order valence-corrected chi connectivity index (χ4v) is 3.25. The maximum Gasteiger partial charge on any atom is 0.250 e. The number of hydrogen-bond donors (Lipinski definition) is 2. The lowest BCUT2D eigenvalue weighted by Crippen LogP contribution is -2.37. The van der Waals surface area contributed by atoms with Crippen LogP contribution < -0.4 is 15.6 Å². The van der Waals surface area contributed by atoms with Gasteiger partial charge in [-0.1, -0.05) is 42.5 Å². The van der Waals surface area contributed by atoms with Crippen molar-refractivity contribution in [3.63, 3.8) is 0 Å². The van der Waals surface area contributed by atoms with E-state index in [1.165, 1.54) is 3.57 Å². The highest BCUT2D eigenvalue weighted by Gasteiger charge is 2.16. The van der Waals surface area contributed by atoms with Crippen molar-refractivity contribution in [1.29, 1.82) is 0 Å². The molecule has 2 aromatic carbocycles. The van der Waals surface area contributed by atoms with Gasteiger partial charge in [0.2, 0.25) is 17.8 Å². The number of nitrogens with one attached hydrogen (secondary N) is 2. The van der Waals surface area contributed by atoms with Crippen LogP contribution in [0.1, 0.15) is 11.1 Å². The van der Waals surface area contributed by atoms with E-state index < -0.39 is 0 Å². The van der Waals surface area contributed by atoms with Crippen molar-refractivity contribution in [2.75, 3.05) is 41.9 Å². The van der Waals surface area contributed by atoms with Gasteiger partial charge in [0.15, 0.2) is 0 Å². The number of hydrogen-bond acceptors (Lipinski definition) is 8. The molecule has 154 valence electrons. The molecule has 9 heteroatoms. The number of rotatable bonds is 7. The molecular weight excluding hydrogens is 493 g/mol. The topological polar surface area (TPSA) is 87.6 Å². The van der Waals surface area contributed by atoms with Gasteiger partial charge >= 0.3 is 0 Å². The number of benzene rings is 2. The first-order chi connectivity index (χ1) is 14.8. The van der Waals surface area contributed by atoms with Gasteiger partial charge in [-0.15, -0.1) is 0 Å². The van der Waals surface area contributed by atoms with Crippen molar-refractivity contribution in [3.8, 4) is 0 Å². The summed E-state index contributed by atoms with van der Waals surface area (Å²) >= 11 is 2.28. The molecule has 0 spiro atoms. The van der Waals surface area contributed by atoms with E-state index in [-0.39, 0.29) is 0 Å². The first kappa shape index (κ1) is 20.5. The first-order valence-corrected chi connectivity index (χ1v) is 10.8. The van der Waals surface area contributed by atoms with Crippen LogP contribution in [0.4, 0.5) is 17.8 Å². The number of aromatic nitrogens is 3. The van der Waals surface area contributed by atoms with Crippen LogP contribution >= 0.6 is 22.6 Å². The van der Waals surface area contributed by atoms with Crippen LogP contribution in [-0.2, 0) is 11.3 Å². The summed E-state index contributed by atoms with van der Waals surface area (Å²) < 4.78 is 6.62. The highest BCUT2D eigenvalue weighted by molar-refractivity contribution is 14.1. The Bertz CT molecular complexity index is 976. The first-order valence-electron chi connectivity index (χ1n) is 9.67. The van der Waals surface area contributed by atoms with Gasteiger partial charge in [0.1, 0.15) is 0 Å². The second-order valence-corrected chi connectivity index (χ2v) is 7.89. The Labute approximate surface area is 188 Å². The summed E-state index contributed by atoms with van der Waals surface area (Å²) in [5.41, 5.74) is 5.08. The molecule has 0 unspecified atom stereocenters. The van der Waals surface area contributed by atoms with Gasteiger partial charge in [0.25, 0.3) is 0 Å². The van der Waals surface area contributed by atoms with Gasteiger partial charge < -0.3 is 15.0 Å². The Morgan fingerprint density at radius 2 is 1.70 bits per heavy atom. The molecule has 0 atom stereocenters. The lowest BCUT2D eigenvalue weighted by atomic mass is 10.2. The SMILES string of the molecule is Ic1ccc(/C=N/Nc2nc(NCc3ccccc3)nc(N3CCOCC3)n2)cc1. The average Bonchev–Trinajstić information content (AvgIpc) is 2.80. The van der Waals surface area contributed by atoms with Gasteiger partial charge in [-0.3, -0.25) is 0 Å². The van der Waals surface area contributed by atoms with Crippen molar-refractivity contribution in [2.24, 2.45) is 5.10 Å². The van der Waals surface area contributed by atoms with E-state index in [2.05, 4.69) is 70.4 Å². The molecule has 0 bridgehead atoms. The van der Waals surface area contributed by atoms with Gasteiger partial charge in [0.05, 0.1) is 19.4 Å². The second kappa shape index (κ2) is 10.3. The van der Waals surface area contributed by atoms with E-state index in [1.807, 2.05) is 42.5 Å². The van der Waals surface area contributed by atoms with E-state index in [0.717, 1.165) is 24.2 Å². The summed E-state index contributed by atoms with van der Waals surface area (Å²) in [6, 6.07) is 18.2. The molecule has 2 N–H and O–H groups in total. The van der Waals surface area contributed by atoms with Crippen LogP contribution in [0, 0.1) is 3.57 Å². The van der Waals surface area contributed by atoms with Gasteiger partial charge in [-0.25, -0.2) is 5.43 Å². The van der Waals surface area contributed by atoms with Crippen LogP contribution in [0.5, 0.6) is 0 Å². The minimum absolute atomic E-state index is 0.392. The molecule has 1 aliphatic heterocycles. The molecule has 3 aromatic rings. The molecule has 4 rings (SSSR count). The van der Waals surface area contributed by atoms with Crippen LogP contribution in [0.2, 0.25) is 0 Å². The van der Waals surface area contributed by atoms with Crippen LogP contribution in [0.15, 0.2) is 59.7 Å². The number of morpholine rings is 1. The third kappa shape index (κ3) is 5.86. The summed E-state index contributed by atoms with van der Waals surface area (Å²) in [5, 5.41) is 7.57. The van der Waals surface area contributed by atoms with Crippen LogP contribution in [0.25, 0.3) is 0 Å². The summed E-state index contributed by atoms with van der Waals surface area (Å²) in [7, 11) is 0. The van der Waals surface area contributed by atoms with Crippen molar-refractivity contribution in [1.82, 2.24) is 15.0 Å². The predicted molar refractivity (Wildman–Crippen MR) is 127 cm³/mol. The van der Waals surface area contributed by atoms with E-state index >= 15 is 0 Å². The van der Waals surface area contributed by atoms with Gasteiger partial charge in [-0.2, -0.15) is 20.1 Å². The summed E-state index contributed by atoms with van der Waals surface area (Å²) in [5.74, 6) is 1.50. The molecule has 0 radical (unpaired) electrons. The standard InChI is InChI=1S/C21H22IN7O/c22-18-8-6-17(7-9-18)15-24-28-20-25-19(23-14-16-4-2-1-3-5-16)26-21(27-20)29-10-12-30-13-11-29/h1-9,15H,10-14H2,(H2,23,25,26,27,28)/b24-15+. The molecule has 1 saturated heterocycles. The highest BCUT2D eigenvalue weighted by Crippen LogP contribution is 2.16. The van der Waals surface area contributed by atoms with Gasteiger partial charge in [0, 0.05) is 23.2 Å². The molecule has 0 aliphatic carbocycles. The fraction of sp³-hybridized carbons (Fsp3) is 0.238. The largest absolute Gasteiger partial charge is 0.378 e. The summed E-state index contributed by atoms with van der Waals surface area (Å²) in [6.07, 6.45) is 1.74. The Kier molecular flexibility index (Phi) is 7.03. The molecule has 30 heavy (non-hydrogen) atoms. The Balaban J connectivity index is 1.50. The van der Waals surface area contributed by atoms with E-state index in [1.54, 1.807) is 6.21 Å². The lowest BCUT2D eigenvalue weighted by molar-refractivity contribution is 0.122. The third-order valence-electron chi connectivity index (χ3n) is 4.46. The molecule has 8 nitrogen and oxygen atoms in total. The number of ether oxygens (including phenoxy) is 1. The third-order valence-corrected chi connectivity index (χ3v) is 5.18. The average molecular weight is 515 g/mol. The Hall–Kier alpha value is -2.79. The second-order valence-electron chi connectivity index (χ2n) is 6.64. The van der Waals surface area contributed by atoms with Crippen molar-refractivity contribution >= 4 is 46.7 Å². The number of nitrogens with zero attached hydrogens (tertiary/aromatic N) is 5. The molecule has 1 fully saturated rings. The van der Waals surface area contributed by atoms with Crippen LogP contribution in [0.3, 0.4) is 0 Å². The zero-order valence-corrected chi connectivity index (χ0v) is 18.5. The highest BCUT2D eigenvalue weighted by atomic mass is 127. The Morgan fingerprint density at radius 1 is 0.967 bits per heavy atom. The zero-order valence-electron chi connectivity index (χ0n) is 16.3. The molecular formula is C21H22IN7O. The monoisotopic (exact) mass is 515 g/mol. The normalized spacial score (nSPS) is 14.1. The molecule has 2 heterocycles. The maximum atomic E-state index is 5.44. The van der Waals surface area contributed by atoms with Gasteiger partial charge in [-0.05, 0) is 45.9 Å². The smallest absolute Gasteiger partial charge is 0.250 e. The zero-order chi connectivity index (χ0) is 20.6. The lowest BCUT2D eigenvalue weighted by Gasteiger charge is -2.27. The van der Waals surface area contributed by atoms with Crippen molar-refractivity contribution < 1.29 is 4.74 Å². The van der Waals surface area contributed by atoms with E-state index in [0.29, 0.717) is 37.6 Å². The van der Waals surface area contributed by atoms with Crippen molar-refractivity contribution in [2.45, 2.75) is 6.54 Å². The number of halogens is 1. The quantitative estimate of drug-likeness (QED) is 0.284. The predicted octanol–water partition coefficient (Wildman–Crippen LogP) is 3.37. The fourth-order valence-electron chi connectivity index (χ4n) is 2.89. The molecule has 0 saturated carbocycles. The van der Waals surface area contributed by atoms with E-state index in [9.17, 15) is 0 Å². The maximum absolute atomic E-state index is 5.44. The van der Waals surface area contributed by atoms with Crippen LogP contribution in [-0.4, -0.2) is 47.5 Å². The molecule has 1 aromatic heterocycles. The van der Waals surface area contributed by atoms with E-state index in [4.69, 9.17) is 4.74 Å². The summed E-state index contributed by atoms with van der Waals surface area (Å²) in [4.78, 5) is 15.7. The minimum Gasteiger partial charge on any atom is -0.378 e. The van der Waals surface area contributed by atoms with Crippen molar-refractivity contribution in [3.05, 3.63) is 69.3 Å². The minimum atomic E-state index is 0.392. The molecule has 1 aliphatic rings. The summed E-state index contributed by atoms with van der Waals surface area (Å²) in [6.45, 7) is 3.43.